The summed E-state index contributed by atoms with van der Waals surface area (Å²) in [6.45, 7) is 0. The maximum absolute atomic E-state index is 13.4. The average molecular weight is 275 g/mol. The van der Waals surface area contributed by atoms with E-state index in [4.69, 9.17) is 15.2 Å². The van der Waals surface area contributed by atoms with Crippen LogP contribution in [0.2, 0.25) is 0 Å². The predicted molar refractivity (Wildman–Crippen MR) is 67.2 cm³/mol. The van der Waals surface area contributed by atoms with Crippen molar-refractivity contribution in [2.75, 3.05) is 12.8 Å². The minimum absolute atomic E-state index is 0.0319. The molecule has 3 rings (SSSR count). The second kappa shape index (κ2) is 4.44. The molecule has 6 nitrogen and oxygen atoms in total. The standard InChI is InChI=1S/C13H10FN3O3/c1-19-12(18)11-8-5-16-13(15)17-10(8)7-4-6(14)2-3-9(7)20-11/h2-5,11H,1H3,(H2,15,16,17). The van der Waals surface area contributed by atoms with Crippen LogP contribution in [0.5, 0.6) is 5.75 Å². The molecule has 0 radical (unpaired) electrons. The molecular formula is C13H10FN3O3. The number of fused-ring (bicyclic) bond motifs is 3. The highest BCUT2D eigenvalue weighted by molar-refractivity contribution is 5.84. The summed E-state index contributed by atoms with van der Waals surface area (Å²) >= 11 is 0. The molecule has 1 aromatic heterocycles. The Kier molecular flexibility index (Phi) is 2.74. The number of hydrogen-bond donors (Lipinski definition) is 1. The van der Waals surface area contributed by atoms with Crippen LogP contribution in [0.25, 0.3) is 11.3 Å². The number of rotatable bonds is 1. The number of carbonyl (C=O) groups excluding carboxylic acids is 1. The van der Waals surface area contributed by atoms with Gasteiger partial charge in [0.15, 0.2) is 0 Å². The van der Waals surface area contributed by atoms with Crippen molar-refractivity contribution in [1.29, 1.82) is 0 Å². The SMILES string of the molecule is COC(=O)C1Oc2ccc(F)cc2-c2nc(N)ncc21. The highest BCUT2D eigenvalue weighted by Crippen LogP contribution is 2.41. The zero-order chi connectivity index (χ0) is 14.3. The maximum atomic E-state index is 13.4. The first-order chi connectivity index (χ1) is 9.60. The number of hydrogen-bond acceptors (Lipinski definition) is 6. The fraction of sp³-hybridized carbons (Fsp3) is 0.154. The van der Waals surface area contributed by atoms with Gasteiger partial charge in [-0.3, -0.25) is 0 Å². The molecule has 0 bridgehead atoms. The van der Waals surface area contributed by atoms with Crippen LogP contribution in [0.1, 0.15) is 11.7 Å². The molecule has 1 atom stereocenters. The Labute approximate surface area is 113 Å². The summed E-state index contributed by atoms with van der Waals surface area (Å²) in [5.41, 5.74) is 6.75. The molecule has 7 heteroatoms. The Bertz CT molecular complexity index is 705. The van der Waals surface area contributed by atoms with Crippen LogP contribution in [-0.4, -0.2) is 23.0 Å². The second-order valence-corrected chi connectivity index (χ2v) is 4.19. The molecule has 1 aliphatic rings. The van der Waals surface area contributed by atoms with Crippen LogP contribution in [-0.2, 0) is 9.53 Å². The molecule has 1 aromatic carbocycles. The van der Waals surface area contributed by atoms with Crippen LogP contribution < -0.4 is 10.5 Å². The molecule has 102 valence electrons. The van der Waals surface area contributed by atoms with Crippen LogP contribution in [0.4, 0.5) is 10.3 Å². The van der Waals surface area contributed by atoms with Gasteiger partial charge in [-0.2, -0.15) is 0 Å². The molecule has 0 aliphatic carbocycles. The maximum Gasteiger partial charge on any atom is 0.351 e. The second-order valence-electron chi connectivity index (χ2n) is 4.19. The Morgan fingerprint density at radius 2 is 2.30 bits per heavy atom. The lowest BCUT2D eigenvalue weighted by Crippen LogP contribution is -2.25. The van der Waals surface area contributed by atoms with Gasteiger partial charge in [-0.25, -0.2) is 19.2 Å². The van der Waals surface area contributed by atoms with E-state index in [1.807, 2.05) is 0 Å². The number of esters is 1. The molecule has 0 saturated heterocycles. The van der Waals surface area contributed by atoms with E-state index in [1.165, 1.54) is 31.5 Å². The summed E-state index contributed by atoms with van der Waals surface area (Å²) in [5, 5.41) is 0. The average Bonchev–Trinajstić information content (AvgIpc) is 2.45. The minimum Gasteiger partial charge on any atom is -0.473 e. The molecule has 0 fully saturated rings. The van der Waals surface area contributed by atoms with Gasteiger partial charge in [0.05, 0.1) is 12.8 Å². The van der Waals surface area contributed by atoms with Crippen LogP contribution in [0.15, 0.2) is 24.4 Å². The molecule has 2 N–H and O–H groups in total. The van der Waals surface area contributed by atoms with E-state index < -0.39 is 17.9 Å². The third-order valence-electron chi connectivity index (χ3n) is 2.97. The summed E-state index contributed by atoms with van der Waals surface area (Å²) < 4.78 is 23.6. The summed E-state index contributed by atoms with van der Waals surface area (Å²) in [4.78, 5) is 19.7. The number of carbonyl (C=O) groups is 1. The number of nitrogen functional groups attached to an aromatic ring is 1. The van der Waals surface area contributed by atoms with Gasteiger partial charge < -0.3 is 15.2 Å². The molecule has 2 aromatic rings. The topological polar surface area (TPSA) is 87.3 Å². The summed E-state index contributed by atoms with van der Waals surface area (Å²) in [6, 6.07) is 3.94. The van der Waals surface area contributed by atoms with Crippen molar-refractivity contribution in [3.8, 4) is 17.0 Å². The molecule has 20 heavy (non-hydrogen) atoms. The van der Waals surface area contributed by atoms with E-state index in [0.717, 1.165) is 0 Å². The van der Waals surface area contributed by atoms with Crippen LogP contribution in [0, 0.1) is 5.82 Å². The molecule has 0 spiro atoms. The number of halogens is 1. The summed E-state index contributed by atoms with van der Waals surface area (Å²) in [7, 11) is 1.25. The normalized spacial score (nSPS) is 15.8. The van der Waals surface area contributed by atoms with Crippen LogP contribution in [0.3, 0.4) is 0 Å². The molecule has 1 unspecified atom stereocenters. The first-order valence-electron chi connectivity index (χ1n) is 5.77. The lowest BCUT2D eigenvalue weighted by Gasteiger charge is -2.25. The highest BCUT2D eigenvalue weighted by atomic mass is 19.1. The van der Waals surface area contributed by atoms with E-state index in [2.05, 4.69) is 9.97 Å². The van der Waals surface area contributed by atoms with Crippen LogP contribution >= 0.6 is 0 Å². The Balaban J connectivity index is 2.23. The van der Waals surface area contributed by atoms with Gasteiger partial charge in [0.1, 0.15) is 11.6 Å². The van der Waals surface area contributed by atoms with E-state index >= 15 is 0 Å². The Morgan fingerprint density at radius 3 is 3.05 bits per heavy atom. The van der Waals surface area contributed by atoms with E-state index in [0.29, 0.717) is 22.6 Å². The zero-order valence-corrected chi connectivity index (χ0v) is 10.5. The first kappa shape index (κ1) is 12.3. The smallest absolute Gasteiger partial charge is 0.351 e. The number of benzene rings is 1. The van der Waals surface area contributed by atoms with Crippen molar-refractivity contribution >= 4 is 11.9 Å². The van der Waals surface area contributed by atoms with Crippen molar-refractivity contribution in [1.82, 2.24) is 9.97 Å². The third-order valence-corrected chi connectivity index (χ3v) is 2.97. The minimum atomic E-state index is -0.992. The number of nitrogens with zero attached hydrogens (tertiary/aromatic N) is 2. The van der Waals surface area contributed by atoms with Crippen molar-refractivity contribution in [2.45, 2.75) is 6.10 Å². The number of anilines is 1. The van der Waals surface area contributed by atoms with Gasteiger partial charge in [-0.1, -0.05) is 0 Å². The molecule has 0 saturated carbocycles. The largest absolute Gasteiger partial charge is 0.473 e. The molecule has 2 heterocycles. The van der Waals surface area contributed by atoms with Gasteiger partial charge in [0.25, 0.3) is 0 Å². The molecule has 1 aliphatic heterocycles. The van der Waals surface area contributed by atoms with E-state index in [1.54, 1.807) is 0 Å². The van der Waals surface area contributed by atoms with Crippen molar-refractivity contribution in [2.24, 2.45) is 0 Å². The lowest BCUT2D eigenvalue weighted by atomic mass is 9.99. The number of aromatic nitrogens is 2. The third kappa shape index (κ3) is 1.83. The van der Waals surface area contributed by atoms with Gasteiger partial charge in [0, 0.05) is 17.3 Å². The number of nitrogens with two attached hydrogens (primary N) is 1. The number of methoxy groups -OCH3 is 1. The highest BCUT2D eigenvalue weighted by Gasteiger charge is 2.34. The van der Waals surface area contributed by atoms with Gasteiger partial charge in [-0.15, -0.1) is 0 Å². The summed E-state index contributed by atoms with van der Waals surface area (Å²) in [5.74, 6) is -0.654. The zero-order valence-electron chi connectivity index (χ0n) is 10.5. The lowest BCUT2D eigenvalue weighted by molar-refractivity contribution is -0.149. The molecule has 0 amide bonds. The fourth-order valence-corrected chi connectivity index (χ4v) is 2.07. The van der Waals surface area contributed by atoms with Crippen molar-refractivity contribution in [3.63, 3.8) is 0 Å². The predicted octanol–water partition coefficient (Wildman–Crippen LogP) is 1.47. The molecular weight excluding hydrogens is 265 g/mol. The van der Waals surface area contributed by atoms with Gasteiger partial charge >= 0.3 is 5.97 Å². The van der Waals surface area contributed by atoms with Crippen molar-refractivity contribution < 1.29 is 18.7 Å². The monoisotopic (exact) mass is 275 g/mol. The number of ether oxygens (including phenoxy) is 2. The first-order valence-corrected chi connectivity index (χ1v) is 5.77. The Hall–Kier alpha value is -2.70. The van der Waals surface area contributed by atoms with Gasteiger partial charge in [0.2, 0.25) is 12.1 Å². The summed E-state index contributed by atoms with van der Waals surface area (Å²) in [6.07, 6.45) is 0.390. The van der Waals surface area contributed by atoms with Crippen molar-refractivity contribution in [3.05, 3.63) is 35.8 Å². The fourth-order valence-electron chi connectivity index (χ4n) is 2.07. The van der Waals surface area contributed by atoms with Gasteiger partial charge in [-0.05, 0) is 18.2 Å². The quantitative estimate of drug-likeness (QED) is 0.793. The van der Waals surface area contributed by atoms with E-state index in [9.17, 15) is 9.18 Å². The Morgan fingerprint density at radius 1 is 1.50 bits per heavy atom. The van der Waals surface area contributed by atoms with E-state index in [-0.39, 0.29) is 5.95 Å².